The first-order chi connectivity index (χ1) is 16.3. The standard InChI is InChI=1S/C26H19NO7/c1-14(34-26(32)16-12-10-15(11-13-16)25(31)33-2)24(30)27-20-9-5-8-19-21(20)23(29)18-7-4-3-6-17(18)22(19)28/h3-14H,1-2H3,(H,27,30). The van der Waals surface area contributed by atoms with E-state index in [9.17, 15) is 24.0 Å². The molecule has 4 rings (SSSR count). The van der Waals surface area contributed by atoms with Crippen molar-refractivity contribution in [3.05, 3.63) is 100 Å². The summed E-state index contributed by atoms with van der Waals surface area (Å²) in [5.41, 5.74) is 1.41. The van der Waals surface area contributed by atoms with Crippen LogP contribution in [0.4, 0.5) is 5.69 Å². The van der Waals surface area contributed by atoms with Gasteiger partial charge in [-0.2, -0.15) is 0 Å². The van der Waals surface area contributed by atoms with Crippen molar-refractivity contribution in [2.24, 2.45) is 0 Å². The summed E-state index contributed by atoms with van der Waals surface area (Å²) in [4.78, 5) is 62.6. The number of methoxy groups -OCH3 is 1. The maximum Gasteiger partial charge on any atom is 0.338 e. The second-order valence-corrected chi connectivity index (χ2v) is 7.54. The van der Waals surface area contributed by atoms with Crippen LogP contribution in [-0.4, -0.2) is 42.6 Å². The predicted octanol–water partition coefficient (Wildman–Crippen LogP) is 3.43. The molecule has 1 unspecified atom stereocenters. The lowest BCUT2D eigenvalue weighted by molar-refractivity contribution is -0.123. The molecular formula is C26H19NO7. The van der Waals surface area contributed by atoms with Gasteiger partial charge < -0.3 is 14.8 Å². The van der Waals surface area contributed by atoms with Gasteiger partial charge in [0, 0.05) is 16.7 Å². The van der Waals surface area contributed by atoms with Crippen molar-refractivity contribution in [1.82, 2.24) is 0 Å². The summed E-state index contributed by atoms with van der Waals surface area (Å²) in [6.45, 7) is 1.38. The lowest BCUT2D eigenvalue weighted by Crippen LogP contribution is -2.31. The van der Waals surface area contributed by atoms with E-state index in [1.807, 2.05) is 0 Å². The fourth-order valence-electron chi connectivity index (χ4n) is 3.63. The molecule has 1 N–H and O–H groups in total. The first-order valence-electron chi connectivity index (χ1n) is 10.3. The van der Waals surface area contributed by atoms with Crippen LogP contribution < -0.4 is 5.32 Å². The molecule has 3 aromatic carbocycles. The van der Waals surface area contributed by atoms with E-state index in [1.165, 1.54) is 50.4 Å². The largest absolute Gasteiger partial charge is 0.465 e. The summed E-state index contributed by atoms with van der Waals surface area (Å²) in [5, 5.41) is 2.59. The Bertz CT molecular complexity index is 1340. The summed E-state index contributed by atoms with van der Waals surface area (Å²) in [6.07, 6.45) is -1.20. The second-order valence-electron chi connectivity index (χ2n) is 7.54. The summed E-state index contributed by atoms with van der Waals surface area (Å²) >= 11 is 0. The van der Waals surface area contributed by atoms with E-state index < -0.39 is 23.9 Å². The van der Waals surface area contributed by atoms with Gasteiger partial charge in [-0.1, -0.05) is 36.4 Å². The third kappa shape index (κ3) is 4.09. The van der Waals surface area contributed by atoms with Crippen molar-refractivity contribution in [1.29, 1.82) is 0 Å². The summed E-state index contributed by atoms with van der Waals surface area (Å²) < 4.78 is 9.84. The van der Waals surface area contributed by atoms with Gasteiger partial charge in [-0.3, -0.25) is 14.4 Å². The van der Waals surface area contributed by atoms with Crippen molar-refractivity contribution in [3.63, 3.8) is 0 Å². The highest BCUT2D eigenvalue weighted by Gasteiger charge is 2.32. The molecular weight excluding hydrogens is 438 g/mol. The zero-order valence-electron chi connectivity index (χ0n) is 18.3. The van der Waals surface area contributed by atoms with Gasteiger partial charge in [0.15, 0.2) is 17.7 Å². The highest BCUT2D eigenvalue weighted by atomic mass is 16.5. The number of anilines is 1. The van der Waals surface area contributed by atoms with Crippen LogP contribution in [0.2, 0.25) is 0 Å². The highest BCUT2D eigenvalue weighted by molar-refractivity contribution is 6.30. The number of ketones is 2. The fourth-order valence-corrected chi connectivity index (χ4v) is 3.63. The van der Waals surface area contributed by atoms with E-state index in [0.29, 0.717) is 5.56 Å². The number of fused-ring (bicyclic) bond motifs is 2. The zero-order chi connectivity index (χ0) is 24.4. The van der Waals surface area contributed by atoms with Crippen LogP contribution in [0, 0.1) is 0 Å². The van der Waals surface area contributed by atoms with Crippen molar-refractivity contribution in [3.8, 4) is 0 Å². The first-order valence-corrected chi connectivity index (χ1v) is 10.3. The van der Waals surface area contributed by atoms with Gasteiger partial charge >= 0.3 is 11.9 Å². The lowest BCUT2D eigenvalue weighted by atomic mass is 9.83. The number of nitrogens with one attached hydrogen (secondary N) is 1. The number of carbonyl (C=O) groups is 5. The van der Waals surface area contributed by atoms with E-state index in [-0.39, 0.29) is 45.1 Å². The third-order valence-corrected chi connectivity index (χ3v) is 5.41. The second kappa shape index (κ2) is 9.11. The van der Waals surface area contributed by atoms with Gasteiger partial charge in [0.2, 0.25) is 0 Å². The van der Waals surface area contributed by atoms with E-state index in [1.54, 1.807) is 30.3 Å². The topological polar surface area (TPSA) is 116 Å². The van der Waals surface area contributed by atoms with Crippen molar-refractivity contribution >= 4 is 35.1 Å². The molecule has 170 valence electrons. The van der Waals surface area contributed by atoms with E-state index >= 15 is 0 Å². The molecule has 34 heavy (non-hydrogen) atoms. The quantitative estimate of drug-likeness (QED) is 0.457. The van der Waals surface area contributed by atoms with Crippen LogP contribution in [-0.2, 0) is 14.3 Å². The van der Waals surface area contributed by atoms with Crippen molar-refractivity contribution in [2.45, 2.75) is 13.0 Å². The van der Waals surface area contributed by atoms with Gasteiger partial charge in [0.1, 0.15) is 0 Å². The molecule has 0 aromatic heterocycles. The van der Waals surface area contributed by atoms with E-state index in [2.05, 4.69) is 10.1 Å². The van der Waals surface area contributed by atoms with Gasteiger partial charge in [-0.25, -0.2) is 9.59 Å². The zero-order valence-corrected chi connectivity index (χ0v) is 18.3. The van der Waals surface area contributed by atoms with Crippen LogP contribution in [0.3, 0.4) is 0 Å². The third-order valence-electron chi connectivity index (χ3n) is 5.41. The molecule has 0 saturated heterocycles. The molecule has 8 heteroatoms. The highest BCUT2D eigenvalue weighted by Crippen LogP contribution is 2.32. The van der Waals surface area contributed by atoms with Crippen LogP contribution in [0.5, 0.6) is 0 Å². The number of ether oxygens (including phenoxy) is 2. The Morgan fingerprint density at radius 1 is 0.735 bits per heavy atom. The number of amides is 1. The maximum atomic E-state index is 13.1. The molecule has 1 amide bonds. The molecule has 0 saturated carbocycles. The molecule has 3 aromatic rings. The number of hydrogen-bond donors (Lipinski definition) is 1. The smallest absolute Gasteiger partial charge is 0.338 e. The van der Waals surface area contributed by atoms with Gasteiger partial charge in [-0.05, 0) is 37.3 Å². The molecule has 0 spiro atoms. The number of carbonyl (C=O) groups excluding carboxylic acids is 5. The minimum absolute atomic E-state index is 0.0940. The fraction of sp³-hybridized carbons (Fsp3) is 0.115. The van der Waals surface area contributed by atoms with Crippen LogP contribution in [0.15, 0.2) is 66.7 Å². The van der Waals surface area contributed by atoms with Crippen molar-refractivity contribution in [2.75, 3.05) is 12.4 Å². The minimum Gasteiger partial charge on any atom is -0.465 e. The molecule has 1 aliphatic rings. The SMILES string of the molecule is COC(=O)c1ccc(C(=O)OC(C)C(=O)Nc2cccc3c2C(=O)c2ccccc2C3=O)cc1. The number of esters is 2. The lowest BCUT2D eigenvalue weighted by Gasteiger charge is -2.21. The summed E-state index contributed by atoms with van der Waals surface area (Å²) in [6, 6.07) is 16.7. The Balaban J connectivity index is 1.50. The van der Waals surface area contributed by atoms with Gasteiger partial charge in [0.05, 0.1) is 29.5 Å². The van der Waals surface area contributed by atoms with Crippen LogP contribution >= 0.6 is 0 Å². The van der Waals surface area contributed by atoms with Crippen LogP contribution in [0.1, 0.15) is 59.5 Å². The monoisotopic (exact) mass is 457 g/mol. The molecule has 0 aliphatic heterocycles. The molecule has 0 radical (unpaired) electrons. The first kappa shape index (κ1) is 22.6. The predicted molar refractivity (Wildman–Crippen MR) is 121 cm³/mol. The van der Waals surface area contributed by atoms with E-state index in [0.717, 1.165) is 0 Å². The minimum atomic E-state index is -1.20. The maximum absolute atomic E-state index is 13.1. The van der Waals surface area contributed by atoms with Crippen molar-refractivity contribution < 1.29 is 33.4 Å². The van der Waals surface area contributed by atoms with Gasteiger partial charge in [0.25, 0.3) is 5.91 Å². The Morgan fingerprint density at radius 3 is 1.91 bits per heavy atom. The molecule has 0 heterocycles. The Hall–Kier alpha value is -4.59. The number of benzene rings is 3. The Kier molecular flexibility index (Phi) is 6.05. The number of hydrogen-bond acceptors (Lipinski definition) is 7. The Morgan fingerprint density at radius 2 is 1.29 bits per heavy atom. The molecule has 1 aliphatic carbocycles. The normalized spacial score (nSPS) is 12.8. The summed E-state index contributed by atoms with van der Waals surface area (Å²) in [5.74, 6) is -2.68. The van der Waals surface area contributed by atoms with E-state index in [4.69, 9.17) is 4.74 Å². The average Bonchev–Trinajstić information content (AvgIpc) is 2.86. The number of rotatable bonds is 5. The molecule has 1 atom stereocenters. The molecule has 0 fully saturated rings. The van der Waals surface area contributed by atoms with Crippen LogP contribution in [0.25, 0.3) is 0 Å². The Labute approximate surface area is 194 Å². The summed E-state index contributed by atoms with van der Waals surface area (Å²) in [7, 11) is 1.25. The molecule has 0 bridgehead atoms. The molecule has 8 nitrogen and oxygen atoms in total. The average molecular weight is 457 g/mol. The van der Waals surface area contributed by atoms with Gasteiger partial charge in [-0.15, -0.1) is 0 Å².